The van der Waals surface area contributed by atoms with Gasteiger partial charge in [-0.05, 0) is 18.2 Å². The van der Waals surface area contributed by atoms with Crippen molar-refractivity contribution in [3.63, 3.8) is 0 Å². The van der Waals surface area contributed by atoms with Gasteiger partial charge in [0.05, 0.1) is 18.3 Å². The van der Waals surface area contributed by atoms with Crippen molar-refractivity contribution >= 4 is 18.3 Å². The number of nitrogens with zero attached hydrogens (tertiary/aromatic N) is 1. The van der Waals surface area contributed by atoms with E-state index in [0.717, 1.165) is 18.2 Å². The van der Waals surface area contributed by atoms with E-state index in [0.29, 0.717) is 19.7 Å². The molecule has 4 nitrogen and oxygen atoms in total. The van der Waals surface area contributed by atoms with Crippen molar-refractivity contribution < 1.29 is 18.3 Å². The molecule has 1 aliphatic heterocycles. The van der Waals surface area contributed by atoms with E-state index in [1.165, 1.54) is 4.90 Å². The summed E-state index contributed by atoms with van der Waals surface area (Å²) in [6, 6.07) is 2.84. The maximum absolute atomic E-state index is 13.5. The summed E-state index contributed by atoms with van der Waals surface area (Å²) in [5.41, 5.74) is 5.20. The van der Waals surface area contributed by atoms with Crippen molar-refractivity contribution in [2.75, 3.05) is 26.2 Å². The van der Waals surface area contributed by atoms with Crippen LogP contribution < -0.4 is 5.73 Å². The Morgan fingerprint density at radius 3 is 2.89 bits per heavy atom. The Labute approximate surface area is 115 Å². The molecule has 0 bridgehead atoms. The molecule has 0 saturated carbocycles. The number of amides is 1. The number of morpholine rings is 1. The second-order valence-electron chi connectivity index (χ2n) is 4.10. The highest BCUT2D eigenvalue weighted by molar-refractivity contribution is 5.94. The van der Waals surface area contributed by atoms with Crippen molar-refractivity contribution in [2.24, 2.45) is 5.73 Å². The molecule has 1 aromatic rings. The minimum Gasteiger partial charge on any atom is -0.373 e. The van der Waals surface area contributed by atoms with Crippen LogP contribution in [0.2, 0.25) is 0 Å². The lowest BCUT2D eigenvalue weighted by Gasteiger charge is -2.32. The lowest BCUT2D eigenvalue weighted by molar-refractivity contribution is -0.0169. The Hall–Kier alpha value is -1.24. The fraction of sp³-hybridized carbons (Fsp3) is 0.417. The SMILES string of the molecule is Cl.NCC1CN(C(=O)c2cc(F)ccc2F)CCO1. The standard InChI is InChI=1S/C12H14F2N2O2.ClH/c13-8-1-2-11(14)10(5-8)12(17)16-3-4-18-9(6-15)7-16;/h1-2,5,9H,3-4,6-7,15H2;1H. The summed E-state index contributed by atoms with van der Waals surface area (Å²) < 4.78 is 31.8. The van der Waals surface area contributed by atoms with E-state index in [1.54, 1.807) is 0 Å². The van der Waals surface area contributed by atoms with Gasteiger partial charge < -0.3 is 15.4 Å². The second-order valence-corrected chi connectivity index (χ2v) is 4.10. The van der Waals surface area contributed by atoms with Crippen molar-refractivity contribution in [3.8, 4) is 0 Å². The molecule has 1 fully saturated rings. The summed E-state index contributed by atoms with van der Waals surface area (Å²) in [5, 5.41) is 0. The second kappa shape index (κ2) is 6.79. The van der Waals surface area contributed by atoms with Crippen LogP contribution in [-0.4, -0.2) is 43.2 Å². The van der Waals surface area contributed by atoms with Crippen LogP contribution in [0.1, 0.15) is 10.4 Å². The normalized spacial score (nSPS) is 18.9. The third kappa shape index (κ3) is 3.62. The number of nitrogens with two attached hydrogens (primary N) is 1. The number of ether oxygens (including phenoxy) is 1. The van der Waals surface area contributed by atoms with E-state index in [2.05, 4.69) is 0 Å². The summed E-state index contributed by atoms with van der Waals surface area (Å²) in [6.45, 7) is 1.29. The average Bonchev–Trinajstić information content (AvgIpc) is 2.41. The molecule has 0 aromatic heterocycles. The molecule has 2 N–H and O–H groups in total. The maximum Gasteiger partial charge on any atom is 0.257 e. The lowest BCUT2D eigenvalue weighted by atomic mass is 10.1. The van der Waals surface area contributed by atoms with Crippen molar-refractivity contribution in [1.82, 2.24) is 4.90 Å². The number of hydrogen-bond donors (Lipinski definition) is 1. The van der Waals surface area contributed by atoms with Crippen molar-refractivity contribution in [3.05, 3.63) is 35.4 Å². The minimum atomic E-state index is -0.725. The molecule has 1 saturated heterocycles. The topological polar surface area (TPSA) is 55.6 Å². The van der Waals surface area contributed by atoms with Crippen LogP contribution in [0.15, 0.2) is 18.2 Å². The van der Waals surface area contributed by atoms with E-state index >= 15 is 0 Å². The highest BCUT2D eigenvalue weighted by Gasteiger charge is 2.26. The van der Waals surface area contributed by atoms with Gasteiger partial charge in [0.25, 0.3) is 5.91 Å². The molecule has 0 radical (unpaired) electrons. The van der Waals surface area contributed by atoms with Crippen LogP contribution in [0.25, 0.3) is 0 Å². The molecule has 106 valence electrons. The first-order valence-electron chi connectivity index (χ1n) is 5.68. The predicted octanol–water partition coefficient (Wildman–Crippen LogP) is 1.19. The molecule has 1 atom stereocenters. The molecular weight excluding hydrogens is 278 g/mol. The highest BCUT2D eigenvalue weighted by atomic mass is 35.5. The highest BCUT2D eigenvalue weighted by Crippen LogP contribution is 2.14. The molecule has 0 spiro atoms. The first-order valence-corrected chi connectivity index (χ1v) is 5.68. The van der Waals surface area contributed by atoms with Crippen molar-refractivity contribution in [2.45, 2.75) is 6.10 Å². The molecule has 2 rings (SSSR count). The smallest absolute Gasteiger partial charge is 0.257 e. The first kappa shape index (κ1) is 15.8. The lowest BCUT2D eigenvalue weighted by Crippen LogP contribution is -2.48. The van der Waals surface area contributed by atoms with Gasteiger partial charge in [0.1, 0.15) is 11.6 Å². The molecule has 1 amide bonds. The van der Waals surface area contributed by atoms with E-state index in [4.69, 9.17) is 10.5 Å². The summed E-state index contributed by atoms with van der Waals surface area (Å²) in [6.07, 6.45) is -0.251. The van der Waals surface area contributed by atoms with E-state index in [1.807, 2.05) is 0 Å². The molecule has 1 unspecified atom stereocenters. The zero-order valence-corrected chi connectivity index (χ0v) is 11.0. The summed E-state index contributed by atoms with van der Waals surface area (Å²) in [7, 11) is 0. The molecule has 7 heteroatoms. The third-order valence-corrected chi connectivity index (χ3v) is 2.85. The molecule has 1 heterocycles. The van der Waals surface area contributed by atoms with Gasteiger partial charge in [-0.2, -0.15) is 0 Å². The first-order chi connectivity index (χ1) is 8.61. The van der Waals surface area contributed by atoms with Gasteiger partial charge in [-0.1, -0.05) is 0 Å². The number of carbonyl (C=O) groups excluding carboxylic acids is 1. The van der Waals surface area contributed by atoms with E-state index in [9.17, 15) is 13.6 Å². The zero-order chi connectivity index (χ0) is 13.1. The largest absolute Gasteiger partial charge is 0.373 e. The fourth-order valence-corrected chi connectivity index (χ4v) is 1.88. The van der Waals surface area contributed by atoms with Gasteiger partial charge in [-0.3, -0.25) is 4.79 Å². The third-order valence-electron chi connectivity index (χ3n) is 2.85. The van der Waals surface area contributed by atoms with Gasteiger partial charge in [-0.15, -0.1) is 12.4 Å². The Morgan fingerprint density at radius 2 is 2.21 bits per heavy atom. The number of rotatable bonds is 2. The van der Waals surface area contributed by atoms with E-state index < -0.39 is 17.5 Å². The van der Waals surface area contributed by atoms with Gasteiger partial charge in [0.15, 0.2) is 0 Å². The Kier molecular flexibility index (Phi) is 5.65. The molecule has 1 aliphatic rings. The van der Waals surface area contributed by atoms with Crippen LogP contribution >= 0.6 is 12.4 Å². The maximum atomic E-state index is 13.5. The zero-order valence-electron chi connectivity index (χ0n) is 10.1. The van der Waals surface area contributed by atoms with Crippen LogP contribution in [-0.2, 0) is 4.74 Å². The quantitative estimate of drug-likeness (QED) is 0.891. The van der Waals surface area contributed by atoms with Crippen LogP contribution in [0.4, 0.5) is 8.78 Å². The van der Waals surface area contributed by atoms with Crippen LogP contribution in [0, 0.1) is 11.6 Å². The van der Waals surface area contributed by atoms with Gasteiger partial charge in [0, 0.05) is 19.6 Å². The van der Waals surface area contributed by atoms with E-state index in [-0.39, 0.29) is 30.6 Å². The fourth-order valence-electron chi connectivity index (χ4n) is 1.88. The van der Waals surface area contributed by atoms with Crippen LogP contribution in [0.3, 0.4) is 0 Å². The average molecular weight is 293 g/mol. The Balaban J connectivity index is 0.00000180. The summed E-state index contributed by atoms with van der Waals surface area (Å²) in [4.78, 5) is 13.5. The predicted molar refractivity (Wildman–Crippen MR) is 68.3 cm³/mol. The molecule has 0 aliphatic carbocycles. The van der Waals surface area contributed by atoms with Gasteiger partial charge in [-0.25, -0.2) is 8.78 Å². The Morgan fingerprint density at radius 1 is 1.47 bits per heavy atom. The minimum absolute atomic E-state index is 0. The van der Waals surface area contributed by atoms with Gasteiger partial charge >= 0.3 is 0 Å². The number of benzene rings is 1. The number of carbonyl (C=O) groups is 1. The monoisotopic (exact) mass is 292 g/mol. The summed E-state index contributed by atoms with van der Waals surface area (Å²) in [5.74, 6) is -1.89. The molecule has 19 heavy (non-hydrogen) atoms. The summed E-state index contributed by atoms with van der Waals surface area (Å²) >= 11 is 0. The number of hydrogen-bond acceptors (Lipinski definition) is 3. The van der Waals surface area contributed by atoms with Crippen molar-refractivity contribution in [1.29, 1.82) is 0 Å². The Bertz CT molecular complexity index is 459. The van der Waals surface area contributed by atoms with Gasteiger partial charge in [0.2, 0.25) is 0 Å². The van der Waals surface area contributed by atoms with Crippen LogP contribution in [0.5, 0.6) is 0 Å². The molecular formula is C12H15ClF2N2O2. The molecule has 1 aromatic carbocycles. The number of halogens is 3.